The van der Waals surface area contributed by atoms with Crippen LogP contribution in [0.25, 0.3) is 0 Å². The van der Waals surface area contributed by atoms with E-state index in [1.807, 2.05) is 32.9 Å². The Morgan fingerprint density at radius 3 is 2.37 bits per heavy atom. The molecule has 0 fully saturated rings. The number of carbonyl (C=O) groups excluding carboxylic acids is 1. The number of esters is 1. The molecule has 1 aliphatic heterocycles. The summed E-state index contributed by atoms with van der Waals surface area (Å²) in [5.74, 6) is -2.41. The molecule has 0 saturated carbocycles. The van der Waals surface area contributed by atoms with Crippen molar-refractivity contribution < 1.29 is 34.2 Å². The molecule has 0 bridgehead atoms. The molecule has 2 unspecified atom stereocenters. The summed E-state index contributed by atoms with van der Waals surface area (Å²) in [6, 6.07) is 12.8. The number of nitro benzene ring substituents is 1. The first-order valence-electron chi connectivity index (χ1n) is 13.2. The van der Waals surface area contributed by atoms with Gasteiger partial charge in [-0.3, -0.25) is 10.1 Å². The number of hydrogen-bond donors (Lipinski definition) is 4. The monoisotopic (exact) mass is 567 g/mol. The van der Waals surface area contributed by atoms with Crippen molar-refractivity contribution in [2.24, 2.45) is 0 Å². The number of nitrogens with one attached hydrogen (secondary N) is 2. The Morgan fingerprint density at radius 1 is 1.10 bits per heavy atom. The topological polar surface area (TPSA) is 160 Å². The highest BCUT2D eigenvalue weighted by Gasteiger charge is 2.37. The Labute approximate surface area is 239 Å². The van der Waals surface area contributed by atoms with Gasteiger partial charge < -0.3 is 30.3 Å². The Balaban J connectivity index is 1.66. The van der Waals surface area contributed by atoms with Gasteiger partial charge >= 0.3 is 11.9 Å². The number of carbonyl (C=O) groups is 2. The van der Waals surface area contributed by atoms with E-state index in [0.717, 1.165) is 5.56 Å². The lowest BCUT2D eigenvalue weighted by Crippen LogP contribution is -2.42. The van der Waals surface area contributed by atoms with E-state index in [4.69, 9.17) is 9.47 Å². The Kier molecular flexibility index (Phi) is 10.3. The molecule has 1 heterocycles. The SMILES string of the molecule is CC1=C(C(=O)O)C(c2cccc([N+](=O)[O-])c2)C(C(=O)OCCc2ccc(OCC(O)CNC(C)(C)C)cc2)=C(C)N1. The van der Waals surface area contributed by atoms with Crippen LogP contribution in [0.2, 0.25) is 0 Å². The summed E-state index contributed by atoms with van der Waals surface area (Å²) in [5, 5.41) is 37.6. The summed E-state index contributed by atoms with van der Waals surface area (Å²) >= 11 is 0. The van der Waals surface area contributed by atoms with E-state index >= 15 is 0 Å². The van der Waals surface area contributed by atoms with E-state index in [9.17, 15) is 29.9 Å². The van der Waals surface area contributed by atoms with Gasteiger partial charge in [-0.05, 0) is 57.9 Å². The number of ether oxygens (including phenoxy) is 2. The molecule has 2 atom stereocenters. The second-order valence-corrected chi connectivity index (χ2v) is 10.9. The van der Waals surface area contributed by atoms with Gasteiger partial charge in [-0.15, -0.1) is 0 Å². The standard InChI is InChI=1S/C30H37N3O8/c1-18-25(28(35)36)27(21-7-6-8-22(15-21)33(38)39)26(19(2)32-18)29(37)40-14-13-20-9-11-24(12-10-20)41-17-23(34)16-31-30(3,4)5/h6-12,15,23,27,31-32,34H,13-14,16-17H2,1-5H3,(H,35,36). The maximum Gasteiger partial charge on any atom is 0.336 e. The van der Waals surface area contributed by atoms with Crippen LogP contribution in [0.3, 0.4) is 0 Å². The number of aliphatic carboxylic acids is 1. The number of nitrogens with zero attached hydrogens (tertiary/aromatic N) is 1. The number of carboxylic acids is 1. The van der Waals surface area contributed by atoms with Gasteiger partial charge in [0.25, 0.3) is 5.69 Å². The predicted octanol–water partition coefficient (Wildman–Crippen LogP) is 3.83. The number of benzene rings is 2. The highest BCUT2D eigenvalue weighted by molar-refractivity contribution is 5.99. The lowest BCUT2D eigenvalue weighted by atomic mass is 9.80. The molecule has 0 saturated heterocycles. The van der Waals surface area contributed by atoms with Crippen LogP contribution in [0.4, 0.5) is 5.69 Å². The molecule has 11 heteroatoms. The van der Waals surface area contributed by atoms with E-state index in [2.05, 4.69) is 10.6 Å². The van der Waals surface area contributed by atoms with Crippen LogP contribution in [-0.2, 0) is 20.7 Å². The van der Waals surface area contributed by atoms with Gasteiger partial charge in [0.2, 0.25) is 0 Å². The average molecular weight is 568 g/mol. The largest absolute Gasteiger partial charge is 0.491 e. The summed E-state index contributed by atoms with van der Waals surface area (Å²) in [7, 11) is 0. The Morgan fingerprint density at radius 2 is 1.76 bits per heavy atom. The fourth-order valence-electron chi connectivity index (χ4n) is 4.47. The van der Waals surface area contributed by atoms with Crippen molar-refractivity contribution in [2.45, 2.75) is 58.6 Å². The van der Waals surface area contributed by atoms with Crippen molar-refractivity contribution >= 4 is 17.6 Å². The van der Waals surface area contributed by atoms with E-state index in [1.54, 1.807) is 32.0 Å². The van der Waals surface area contributed by atoms with E-state index in [0.29, 0.717) is 35.7 Å². The smallest absolute Gasteiger partial charge is 0.336 e. The van der Waals surface area contributed by atoms with E-state index in [-0.39, 0.29) is 35.6 Å². The van der Waals surface area contributed by atoms with Gasteiger partial charge in [-0.2, -0.15) is 0 Å². The van der Waals surface area contributed by atoms with Gasteiger partial charge in [-0.25, -0.2) is 9.59 Å². The molecule has 0 amide bonds. The minimum Gasteiger partial charge on any atom is -0.491 e. The third-order valence-electron chi connectivity index (χ3n) is 6.48. The Bertz CT molecular complexity index is 1340. The lowest BCUT2D eigenvalue weighted by Gasteiger charge is -2.29. The van der Waals surface area contributed by atoms with Gasteiger partial charge in [0, 0.05) is 42.0 Å². The third-order valence-corrected chi connectivity index (χ3v) is 6.48. The maximum atomic E-state index is 13.3. The fraction of sp³-hybridized carbons (Fsp3) is 0.400. The molecule has 2 aromatic carbocycles. The van der Waals surface area contributed by atoms with Crippen LogP contribution in [0.15, 0.2) is 71.1 Å². The molecule has 41 heavy (non-hydrogen) atoms. The highest BCUT2D eigenvalue weighted by atomic mass is 16.6. The number of dihydropyridines is 1. The number of aliphatic hydroxyl groups is 1. The van der Waals surface area contributed by atoms with Gasteiger partial charge in [-0.1, -0.05) is 24.3 Å². The molecule has 2 aromatic rings. The van der Waals surface area contributed by atoms with Crippen molar-refractivity contribution in [2.75, 3.05) is 19.8 Å². The molecule has 4 N–H and O–H groups in total. The minimum atomic E-state index is -1.25. The molecule has 0 aliphatic carbocycles. The number of allylic oxidation sites excluding steroid dienone is 2. The van der Waals surface area contributed by atoms with Crippen LogP contribution in [0.1, 0.15) is 51.7 Å². The Hall–Kier alpha value is -4.22. The van der Waals surface area contributed by atoms with Crippen LogP contribution < -0.4 is 15.4 Å². The molecule has 3 rings (SSSR count). The van der Waals surface area contributed by atoms with Crippen molar-refractivity contribution in [3.05, 3.63) is 92.3 Å². The molecule has 11 nitrogen and oxygen atoms in total. The number of carboxylic acid groups (broad SMARTS) is 1. The zero-order valence-corrected chi connectivity index (χ0v) is 23.9. The normalized spacial score (nSPS) is 16.2. The fourth-order valence-corrected chi connectivity index (χ4v) is 4.47. The molecule has 0 radical (unpaired) electrons. The zero-order chi connectivity index (χ0) is 30.3. The number of β-amino-alcohol motifs (C(OH)–C–C–N with tert-alkyl or cyclic N) is 1. The van der Waals surface area contributed by atoms with Gasteiger partial charge in [0.1, 0.15) is 18.5 Å². The van der Waals surface area contributed by atoms with Gasteiger partial charge in [0.15, 0.2) is 0 Å². The number of aliphatic hydroxyl groups excluding tert-OH is 1. The molecular formula is C30H37N3O8. The van der Waals surface area contributed by atoms with Crippen LogP contribution in [0.5, 0.6) is 5.75 Å². The average Bonchev–Trinajstić information content (AvgIpc) is 2.90. The summed E-state index contributed by atoms with van der Waals surface area (Å²) in [4.78, 5) is 36.3. The summed E-state index contributed by atoms with van der Waals surface area (Å²) in [6.07, 6.45) is -0.266. The predicted molar refractivity (Wildman–Crippen MR) is 152 cm³/mol. The molecule has 1 aliphatic rings. The van der Waals surface area contributed by atoms with Crippen molar-refractivity contribution in [1.82, 2.24) is 10.6 Å². The lowest BCUT2D eigenvalue weighted by molar-refractivity contribution is -0.384. The van der Waals surface area contributed by atoms with Crippen LogP contribution in [-0.4, -0.2) is 58.5 Å². The summed E-state index contributed by atoms with van der Waals surface area (Å²) in [6.45, 7) is 9.84. The zero-order valence-electron chi connectivity index (χ0n) is 23.9. The second kappa shape index (κ2) is 13.4. The first-order valence-corrected chi connectivity index (χ1v) is 13.2. The number of rotatable bonds is 12. The first kappa shape index (κ1) is 31.3. The van der Waals surface area contributed by atoms with E-state index < -0.39 is 28.9 Å². The first-order chi connectivity index (χ1) is 19.3. The molecular weight excluding hydrogens is 530 g/mol. The maximum absolute atomic E-state index is 13.3. The highest BCUT2D eigenvalue weighted by Crippen LogP contribution is 2.39. The minimum absolute atomic E-state index is 0.0275. The third kappa shape index (κ3) is 8.63. The quantitative estimate of drug-likeness (QED) is 0.169. The summed E-state index contributed by atoms with van der Waals surface area (Å²) in [5.41, 5.74) is 1.61. The van der Waals surface area contributed by atoms with Crippen LogP contribution >= 0.6 is 0 Å². The number of hydrogen-bond acceptors (Lipinski definition) is 9. The van der Waals surface area contributed by atoms with Gasteiger partial charge in [0.05, 0.1) is 28.6 Å². The van der Waals surface area contributed by atoms with Crippen molar-refractivity contribution in [1.29, 1.82) is 0 Å². The number of non-ortho nitro benzene ring substituents is 1. The van der Waals surface area contributed by atoms with Crippen molar-refractivity contribution in [3.63, 3.8) is 0 Å². The molecule has 220 valence electrons. The molecule has 0 aromatic heterocycles. The number of nitro groups is 1. The van der Waals surface area contributed by atoms with Crippen LogP contribution in [0, 0.1) is 10.1 Å². The second-order valence-electron chi connectivity index (χ2n) is 10.9. The summed E-state index contributed by atoms with van der Waals surface area (Å²) < 4.78 is 11.2. The van der Waals surface area contributed by atoms with E-state index in [1.165, 1.54) is 18.2 Å². The van der Waals surface area contributed by atoms with Crippen molar-refractivity contribution in [3.8, 4) is 5.75 Å². The molecule has 0 spiro atoms.